The molecule has 0 atom stereocenters. The van der Waals surface area contributed by atoms with Gasteiger partial charge in [-0.2, -0.15) is 0 Å². The number of aryl methyl sites for hydroxylation is 1. The van der Waals surface area contributed by atoms with Gasteiger partial charge < -0.3 is 15.6 Å². The van der Waals surface area contributed by atoms with Gasteiger partial charge in [-0.25, -0.2) is 4.98 Å². The van der Waals surface area contributed by atoms with Gasteiger partial charge in [0.05, 0.1) is 17.4 Å². The minimum absolute atomic E-state index is 0.209. The lowest BCUT2D eigenvalue weighted by Crippen LogP contribution is -2.39. The van der Waals surface area contributed by atoms with Gasteiger partial charge in [-0.1, -0.05) is 0 Å². The van der Waals surface area contributed by atoms with Crippen LogP contribution in [0.2, 0.25) is 0 Å². The van der Waals surface area contributed by atoms with Crippen LogP contribution in [-0.2, 0) is 7.05 Å². The predicted molar refractivity (Wildman–Crippen MR) is 67.5 cm³/mol. The molecule has 0 aliphatic heterocycles. The maximum absolute atomic E-state index is 5.92. The Balaban J connectivity index is 2.20. The van der Waals surface area contributed by atoms with Gasteiger partial charge in [0, 0.05) is 24.8 Å². The van der Waals surface area contributed by atoms with Gasteiger partial charge in [0.1, 0.15) is 0 Å². The molecule has 0 radical (unpaired) electrons. The lowest BCUT2D eigenvalue weighted by Gasteiger charge is -2.19. The van der Waals surface area contributed by atoms with Crippen LogP contribution in [0, 0.1) is 0 Å². The first-order valence-electron chi connectivity index (χ1n) is 5.39. The summed E-state index contributed by atoms with van der Waals surface area (Å²) < 4.78 is 2.01. The molecule has 0 amide bonds. The van der Waals surface area contributed by atoms with Crippen molar-refractivity contribution in [3.63, 3.8) is 0 Å². The lowest BCUT2D eigenvalue weighted by molar-refractivity contribution is 0.549. The first-order chi connectivity index (χ1) is 7.46. The molecule has 0 spiro atoms. The van der Waals surface area contributed by atoms with Crippen molar-refractivity contribution in [2.45, 2.75) is 19.4 Å². The van der Waals surface area contributed by atoms with E-state index in [0.717, 1.165) is 23.3 Å². The van der Waals surface area contributed by atoms with Gasteiger partial charge in [-0.15, -0.1) is 0 Å². The Morgan fingerprint density at radius 3 is 2.88 bits per heavy atom. The van der Waals surface area contributed by atoms with Crippen molar-refractivity contribution in [1.29, 1.82) is 0 Å². The molecule has 0 fully saturated rings. The second kappa shape index (κ2) is 3.79. The maximum Gasteiger partial charge on any atom is 0.0955 e. The first kappa shape index (κ1) is 11.0. The van der Waals surface area contributed by atoms with Crippen molar-refractivity contribution in [2.24, 2.45) is 12.8 Å². The molecular weight excluding hydrogens is 200 g/mol. The van der Waals surface area contributed by atoms with Crippen LogP contribution in [0.3, 0.4) is 0 Å². The Morgan fingerprint density at radius 2 is 2.19 bits per heavy atom. The molecule has 0 saturated carbocycles. The number of hydrogen-bond acceptors (Lipinski definition) is 3. The zero-order valence-corrected chi connectivity index (χ0v) is 9.99. The topological polar surface area (TPSA) is 55.9 Å². The third kappa shape index (κ3) is 2.33. The van der Waals surface area contributed by atoms with Gasteiger partial charge in [0.2, 0.25) is 0 Å². The molecule has 1 heterocycles. The van der Waals surface area contributed by atoms with Crippen LogP contribution in [0.25, 0.3) is 11.0 Å². The highest BCUT2D eigenvalue weighted by Gasteiger charge is 2.10. The van der Waals surface area contributed by atoms with E-state index in [-0.39, 0.29) is 5.54 Å². The highest BCUT2D eigenvalue weighted by molar-refractivity contribution is 5.79. The molecule has 16 heavy (non-hydrogen) atoms. The molecule has 0 bridgehead atoms. The number of nitrogens with two attached hydrogens (primary N) is 1. The standard InChI is InChI=1S/C12H18N4/c1-12(2,13)7-14-9-4-5-11-10(6-9)15-8-16(11)3/h4-6,8,14H,7,13H2,1-3H3. The van der Waals surface area contributed by atoms with Gasteiger partial charge >= 0.3 is 0 Å². The van der Waals surface area contributed by atoms with E-state index in [1.807, 2.05) is 37.9 Å². The number of anilines is 1. The number of nitrogens with one attached hydrogen (secondary N) is 1. The quantitative estimate of drug-likeness (QED) is 0.824. The summed E-state index contributed by atoms with van der Waals surface area (Å²) in [5.74, 6) is 0. The summed E-state index contributed by atoms with van der Waals surface area (Å²) in [4.78, 5) is 4.32. The van der Waals surface area contributed by atoms with Crippen molar-refractivity contribution in [2.75, 3.05) is 11.9 Å². The molecule has 86 valence electrons. The maximum atomic E-state index is 5.92. The Bertz CT molecular complexity index is 493. The average Bonchev–Trinajstić information content (AvgIpc) is 2.56. The molecule has 4 heteroatoms. The van der Waals surface area contributed by atoms with Crippen molar-refractivity contribution in [1.82, 2.24) is 9.55 Å². The lowest BCUT2D eigenvalue weighted by atomic mass is 10.1. The van der Waals surface area contributed by atoms with E-state index in [1.54, 1.807) is 0 Å². The third-order valence-corrected chi connectivity index (χ3v) is 2.47. The summed E-state index contributed by atoms with van der Waals surface area (Å²) in [6.45, 7) is 4.74. The Morgan fingerprint density at radius 1 is 1.44 bits per heavy atom. The summed E-state index contributed by atoms with van der Waals surface area (Å²) >= 11 is 0. The highest BCUT2D eigenvalue weighted by atomic mass is 15.0. The van der Waals surface area contributed by atoms with Crippen LogP contribution in [0.5, 0.6) is 0 Å². The van der Waals surface area contributed by atoms with Crippen LogP contribution >= 0.6 is 0 Å². The molecule has 1 aromatic heterocycles. The minimum atomic E-state index is -0.209. The van der Waals surface area contributed by atoms with Crippen LogP contribution in [-0.4, -0.2) is 21.6 Å². The summed E-state index contributed by atoms with van der Waals surface area (Å²) in [7, 11) is 1.99. The second-order valence-corrected chi connectivity index (χ2v) is 4.90. The molecule has 0 saturated heterocycles. The van der Waals surface area contributed by atoms with Gasteiger partial charge in [0.25, 0.3) is 0 Å². The summed E-state index contributed by atoms with van der Waals surface area (Å²) in [5, 5.41) is 3.31. The number of nitrogens with zero attached hydrogens (tertiary/aromatic N) is 2. The molecule has 2 rings (SSSR count). The molecule has 0 aliphatic rings. The Hall–Kier alpha value is -1.55. The van der Waals surface area contributed by atoms with Crippen LogP contribution in [0.4, 0.5) is 5.69 Å². The smallest absolute Gasteiger partial charge is 0.0955 e. The molecule has 0 aliphatic carbocycles. The number of rotatable bonds is 3. The van der Waals surface area contributed by atoms with Crippen LogP contribution in [0.1, 0.15) is 13.8 Å². The van der Waals surface area contributed by atoms with Crippen molar-refractivity contribution < 1.29 is 0 Å². The highest BCUT2D eigenvalue weighted by Crippen LogP contribution is 2.17. The van der Waals surface area contributed by atoms with E-state index in [1.165, 1.54) is 0 Å². The fraction of sp³-hybridized carbons (Fsp3) is 0.417. The molecule has 0 unspecified atom stereocenters. The largest absolute Gasteiger partial charge is 0.383 e. The Labute approximate surface area is 95.5 Å². The van der Waals surface area contributed by atoms with E-state index >= 15 is 0 Å². The van der Waals surface area contributed by atoms with Crippen LogP contribution < -0.4 is 11.1 Å². The summed E-state index contributed by atoms with van der Waals surface area (Å²) in [5.41, 5.74) is 8.91. The van der Waals surface area contributed by atoms with Gasteiger partial charge in [0.15, 0.2) is 0 Å². The fourth-order valence-corrected chi connectivity index (χ4v) is 1.58. The third-order valence-electron chi connectivity index (χ3n) is 2.47. The Kier molecular flexibility index (Phi) is 2.59. The minimum Gasteiger partial charge on any atom is -0.383 e. The SMILES string of the molecule is Cn1cnc2cc(NCC(C)(C)N)ccc21. The zero-order valence-electron chi connectivity index (χ0n) is 9.99. The van der Waals surface area contributed by atoms with E-state index in [4.69, 9.17) is 5.73 Å². The number of imidazole rings is 1. The van der Waals surface area contributed by atoms with E-state index in [0.29, 0.717) is 0 Å². The van der Waals surface area contributed by atoms with Gasteiger partial charge in [-0.05, 0) is 32.0 Å². The normalized spacial score (nSPS) is 12.0. The summed E-state index contributed by atoms with van der Waals surface area (Å²) in [6.07, 6.45) is 1.82. The van der Waals surface area contributed by atoms with Gasteiger partial charge in [-0.3, -0.25) is 0 Å². The van der Waals surface area contributed by atoms with Crippen molar-refractivity contribution in [3.05, 3.63) is 24.5 Å². The summed E-state index contributed by atoms with van der Waals surface area (Å²) in [6, 6.07) is 6.16. The zero-order chi connectivity index (χ0) is 11.8. The molecule has 4 nitrogen and oxygen atoms in total. The number of fused-ring (bicyclic) bond motifs is 1. The molecular formula is C12H18N4. The number of hydrogen-bond donors (Lipinski definition) is 2. The van der Waals surface area contributed by atoms with E-state index in [2.05, 4.69) is 22.4 Å². The van der Waals surface area contributed by atoms with Crippen LogP contribution in [0.15, 0.2) is 24.5 Å². The molecule has 3 N–H and O–H groups in total. The molecule has 2 aromatic rings. The second-order valence-electron chi connectivity index (χ2n) is 4.90. The van der Waals surface area contributed by atoms with Crippen molar-refractivity contribution >= 4 is 16.7 Å². The monoisotopic (exact) mass is 218 g/mol. The predicted octanol–water partition coefficient (Wildman–Crippen LogP) is 1.72. The van der Waals surface area contributed by atoms with Crippen molar-refractivity contribution in [3.8, 4) is 0 Å². The number of benzene rings is 1. The fourth-order valence-electron chi connectivity index (χ4n) is 1.58. The number of aromatic nitrogens is 2. The van der Waals surface area contributed by atoms with E-state index < -0.39 is 0 Å². The first-order valence-corrected chi connectivity index (χ1v) is 5.39. The molecule has 1 aromatic carbocycles. The average molecular weight is 218 g/mol. The van der Waals surface area contributed by atoms with E-state index in [9.17, 15) is 0 Å².